The predicted octanol–water partition coefficient (Wildman–Crippen LogP) is 0.363. The van der Waals surface area contributed by atoms with Crippen LogP contribution in [0.3, 0.4) is 0 Å². The van der Waals surface area contributed by atoms with Crippen molar-refractivity contribution >= 4 is 21.9 Å². The van der Waals surface area contributed by atoms with Crippen LogP contribution in [-0.2, 0) is 24.3 Å². The molecule has 0 heterocycles. The van der Waals surface area contributed by atoms with Crippen LogP contribution in [0.1, 0.15) is 12.5 Å². The minimum Gasteiger partial charge on any atom is -0.459 e. The number of rotatable bonds is 3. The van der Waals surface area contributed by atoms with Crippen LogP contribution in [-0.4, -0.2) is 26.9 Å². The molecule has 0 atom stereocenters. The number of amides is 1. The lowest BCUT2D eigenvalue weighted by Gasteiger charge is -2.08. The summed E-state index contributed by atoms with van der Waals surface area (Å²) in [6, 6.07) is 6.12. The first-order valence-electron chi connectivity index (χ1n) is 5.18. The highest BCUT2D eigenvalue weighted by molar-refractivity contribution is 7.90. The van der Waals surface area contributed by atoms with Crippen molar-refractivity contribution in [2.45, 2.75) is 18.7 Å². The van der Waals surface area contributed by atoms with Gasteiger partial charge in [0.05, 0.1) is 11.5 Å². The molecule has 0 aliphatic carbocycles. The topological polar surface area (TPSA) is 89.5 Å². The third kappa shape index (κ3) is 3.30. The Balaban J connectivity index is 2.94. The summed E-state index contributed by atoms with van der Waals surface area (Å²) in [4.78, 5) is 22.3. The van der Waals surface area contributed by atoms with Gasteiger partial charge >= 0.3 is 11.9 Å². The summed E-state index contributed by atoms with van der Waals surface area (Å²) in [5.41, 5.74) is 0.474. The molecule has 1 rings (SSSR count). The van der Waals surface area contributed by atoms with Gasteiger partial charge in [-0.15, -0.1) is 0 Å². The van der Waals surface area contributed by atoms with E-state index in [1.807, 2.05) is 0 Å². The molecule has 98 valence electrons. The molecular weight excluding hydrogens is 258 g/mol. The molecule has 1 amide bonds. The molecule has 0 bridgehead atoms. The third-order valence-corrected chi connectivity index (χ3v) is 3.56. The molecule has 1 aromatic rings. The number of benzene rings is 1. The van der Waals surface area contributed by atoms with Gasteiger partial charge in [0.2, 0.25) is 0 Å². The zero-order valence-electron chi connectivity index (χ0n) is 9.97. The smallest absolute Gasteiger partial charge is 0.397 e. The molecule has 0 aromatic heterocycles. The van der Waals surface area contributed by atoms with Gasteiger partial charge < -0.3 is 4.74 Å². The second kappa shape index (κ2) is 5.63. The van der Waals surface area contributed by atoms with Gasteiger partial charge in [0.1, 0.15) is 0 Å². The van der Waals surface area contributed by atoms with Crippen LogP contribution >= 0.6 is 0 Å². The van der Waals surface area contributed by atoms with Gasteiger partial charge in [0.15, 0.2) is 0 Å². The molecule has 1 aromatic carbocycles. The fourth-order valence-electron chi connectivity index (χ4n) is 1.27. The van der Waals surface area contributed by atoms with Crippen molar-refractivity contribution in [3.8, 4) is 0 Å². The summed E-state index contributed by atoms with van der Waals surface area (Å²) < 4.78 is 29.7. The van der Waals surface area contributed by atoms with Crippen LogP contribution in [0.5, 0.6) is 0 Å². The molecule has 0 saturated heterocycles. The zero-order valence-corrected chi connectivity index (χ0v) is 10.8. The molecule has 0 radical (unpaired) electrons. The minimum atomic E-state index is -4.05. The molecule has 0 spiro atoms. The maximum atomic E-state index is 11.8. The van der Waals surface area contributed by atoms with Crippen molar-refractivity contribution in [2.75, 3.05) is 6.61 Å². The van der Waals surface area contributed by atoms with Crippen molar-refractivity contribution in [2.24, 2.45) is 0 Å². The minimum absolute atomic E-state index is 0.00331. The van der Waals surface area contributed by atoms with Crippen LogP contribution in [0.4, 0.5) is 0 Å². The summed E-state index contributed by atoms with van der Waals surface area (Å²) in [5.74, 6) is -2.53. The average Bonchev–Trinajstić information content (AvgIpc) is 2.29. The molecule has 7 heteroatoms. The van der Waals surface area contributed by atoms with Crippen LogP contribution in [0.15, 0.2) is 29.2 Å². The summed E-state index contributed by atoms with van der Waals surface area (Å²) in [7, 11) is -4.05. The van der Waals surface area contributed by atoms with Crippen molar-refractivity contribution < 1.29 is 22.7 Å². The highest BCUT2D eigenvalue weighted by Gasteiger charge is 2.24. The van der Waals surface area contributed by atoms with Crippen molar-refractivity contribution in [3.05, 3.63) is 29.8 Å². The Morgan fingerprint density at radius 2 is 1.89 bits per heavy atom. The first kappa shape index (κ1) is 14.2. The molecule has 0 aliphatic heterocycles. The van der Waals surface area contributed by atoms with E-state index in [1.165, 1.54) is 19.1 Å². The molecule has 0 fully saturated rings. The monoisotopic (exact) mass is 271 g/mol. The van der Waals surface area contributed by atoms with Crippen LogP contribution in [0.2, 0.25) is 0 Å². The Labute approximate surface area is 105 Å². The lowest BCUT2D eigenvalue weighted by molar-refractivity contribution is -0.153. The highest BCUT2D eigenvalue weighted by atomic mass is 32.2. The van der Waals surface area contributed by atoms with Crippen LogP contribution in [0.25, 0.3) is 0 Å². The normalized spacial score (nSPS) is 10.8. The first-order valence-corrected chi connectivity index (χ1v) is 6.66. The van der Waals surface area contributed by atoms with Gasteiger partial charge in [0, 0.05) is 0 Å². The standard InChI is InChI=1S/C11H13NO5S/c1-3-17-11(14)10(13)12-18(15,16)9-7-5-4-6-8(9)2/h4-7H,3H2,1-2H3,(H,12,13). The number of carbonyl (C=O) groups is 2. The predicted molar refractivity (Wildman–Crippen MR) is 63.1 cm³/mol. The van der Waals surface area contributed by atoms with Crippen LogP contribution in [0, 0.1) is 6.92 Å². The van der Waals surface area contributed by atoms with E-state index in [9.17, 15) is 18.0 Å². The Kier molecular flexibility index (Phi) is 4.43. The number of ether oxygens (including phenoxy) is 1. The summed E-state index contributed by atoms with van der Waals surface area (Å²) >= 11 is 0. The van der Waals surface area contributed by atoms with Gasteiger partial charge in [-0.3, -0.25) is 4.79 Å². The van der Waals surface area contributed by atoms with E-state index >= 15 is 0 Å². The van der Waals surface area contributed by atoms with E-state index in [0.29, 0.717) is 5.56 Å². The number of sulfonamides is 1. The molecule has 0 unspecified atom stereocenters. The number of esters is 1. The van der Waals surface area contributed by atoms with E-state index in [2.05, 4.69) is 4.74 Å². The second-order valence-corrected chi connectivity index (χ2v) is 5.07. The van der Waals surface area contributed by atoms with Gasteiger partial charge in [-0.05, 0) is 25.5 Å². The number of aryl methyl sites for hydroxylation is 1. The summed E-state index contributed by atoms with van der Waals surface area (Å²) in [6.07, 6.45) is 0. The van der Waals surface area contributed by atoms with Crippen molar-refractivity contribution in [1.29, 1.82) is 0 Å². The number of hydrogen-bond donors (Lipinski definition) is 1. The Hall–Kier alpha value is -1.89. The van der Waals surface area contributed by atoms with E-state index in [0.717, 1.165) is 0 Å². The van der Waals surface area contributed by atoms with Crippen molar-refractivity contribution in [1.82, 2.24) is 4.72 Å². The Bertz CT molecular complexity index is 565. The fraction of sp³-hybridized carbons (Fsp3) is 0.273. The zero-order chi connectivity index (χ0) is 13.8. The summed E-state index contributed by atoms with van der Waals surface area (Å²) in [5, 5.41) is 0. The molecule has 1 N–H and O–H groups in total. The average molecular weight is 271 g/mol. The third-order valence-electron chi connectivity index (χ3n) is 2.07. The molecule has 0 saturated carbocycles. The van der Waals surface area contributed by atoms with E-state index in [-0.39, 0.29) is 11.5 Å². The molecular formula is C11H13NO5S. The SMILES string of the molecule is CCOC(=O)C(=O)NS(=O)(=O)c1ccccc1C. The largest absolute Gasteiger partial charge is 0.459 e. The lowest BCUT2D eigenvalue weighted by Crippen LogP contribution is -2.37. The maximum Gasteiger partial charge on any atom is 0.397 e. The molecule has 6 nitrogen and oxygen atoms in total. The lowest BCUT2D eigenvalue weighted by atomic mass is 10.2. The van der Waals surface area contributed by atoms with Crippen LogP contribution < -0.4 is 4.72 Å². The Morgan fingerprint density at radius 1 is 1.28 bits per heavy atom. The first-order chi connectivity index (χ1) is 8.38. The number of nitrogens with one attached hydrogen (secondary N) is 1. The van der Waals surface area contributed by atoms with Crippen molar-refractivity contribution in [3.63, 3.8) is 0 Å². The van der Waals surface area contributed by atoms with E-state index in [4.69, 9.17) is 0 Å². The highest BCUT2D eigenvalue weighted by Crippen LogP contribution is 2.13. The van der Waals surface area contributed by atoms with E-state index < -0.39 is 21.9 Å². The molecule has 0 aliphatic rings. The number of hydrogen-bond acceptors (Lipinski definition) is 5. The van der Waals surface area contributed by atoms with E-state index in [1.54, 1.807) is 23.8 Å². The maximum absolute atomic E-state index is 11.8. The molecule has 18 heavy (non-hydrogen) atoms. The van der Waals surface area contributed by atoms with Gasteiger partial charge in [0.25, 0.3) is 10.0 Å². The van der Waals surface area contributed by atoms with Gasteiger partial charge in [-0.1, -0.05) is 18.2 Å². The Morgan fingerprint density at radius 3 is 2.44 bits per heavy atom. The quantitative estimate of drug-likeness (QED) is 0.633. The second-order valence-electron chi connectivity index (χ2n) is 3.42. The van der Waals surface area contributed by atoms with Gasteiger partial charge in [-0.25, -0.2) is 17.9 Å². The van der Waals surface area contributed by atoms with Gasteiger partial charge in [-0.2, -0.15) is 0 Å². The fourth-order valence-corrected chi connectivity index (χ4v) is 2.46. The summed E-state index contributed by atoms with van der Waals surface area (Å²) in [6.45, 7) is 3.10. The number of carbonyl (C=O) groups excluding carboxylic acids is 2.